The molecule has 0 atom stereocenters. The van der Waals surface area contributed by atoms with Crippen molar-refractivity contribution in [2.24, 2.45) is 0 Å². The van der Waals surface area contributed by atoms with Crippen LogP contribution in [0.5, 0.6) is 0 Å². The van der Waals surface area contributed by atoms with Gasteiger partial charge in [-0.3, -0.25) is 0 Å². The van der Waals surface area contributed by atoms with Crippen molar-refractivity contribution >= 4 is 32.0 Å². The Kier molecular flexibility index (Phi) is 4.58. The van der Waals surface area contributed by atoms with E-state index in [-0.39, 0.29) is 19.0 Å². The Hall–Kier alpha value is -0.851. The van der Waals surface area contributed by atoms with Crippen molar-refractivity contribution in [1.29, 1.82) is 0 Å². The van der Waals surface area contributed by atoms with E-state index in [0.717, 1.165) is 11.1 Å². The Morgan fingerprint density at radius 1 is 0.882 bits per heavy atom. The fourth-order valence-corrected chi connectivity index (χ4v) is 3.75. The Bertz CT molecular complexity index is 443. The maximum atomic E-state index is 12.1. The van der Waals surface area contributed by atoms with Gasteiger partial charge in [0.1, 0.15) is 0 Å². The van der Waals surface area contributed by atoms with Crippen LogP contribution in [-0.2, 0) is 4.79 Å². The van der Waals surface area contributed by atoms with Gasteiger partial charge in [0, 0.05) is 0 Å². The van der Waals surface area contributed by atoms with Crippen LogP contribution in [0.25, 0.3) is 0 Å². The Morgan fingerprint density at radius 3 is 1.65 bits per heavy atom. The molecule has 0 radical (unpaired) electrons. The molecule has 3 heteroatoms. The molecule has 0 aromatic heterocycles. The molecule has 0 amide bonds. The first-order valence-corrected chi connectivity index (χ1v) is 10.9. The minimum absolute atomic E-state index is 0.0383. The molecule has 0 bridgehead atoms. The van der Waals surface area contributed by atoms with Gasteiger partial charge >= 0.3 is 115 Å². The second kappa shape index (κ2) is 6.18. The van der Waals surface area contributed by atoms with E-state index < -0.39 is 0 Å². The predicted octanol–water partition coefficient (Wildman–Crippen LogP) is 1.87. The molecule has 17 heavy (non-hydrogen) atoms. The van der Waals surface area contributed by atoms with Crippen LogP contribution in [0.2, 0.25) is 0 Å². The van der Waals surface area contributed by atoms with E-state index in [0.29, 0.717) is 4.68 Å². The average molecular weight is 354 g/mol. The third-order valence-electron chi connectivity index (χ3n) is 2.59. The van der Waals surface area contributed by atoms with Crippen molar-refractivity contribution in [2.75, 3.05) is 0 Å². The quantitative estimate of drug-likeness (QED) is 0.767. The molecule has 0 heterocycles. The SMILES string of the molecule is O=C([Se][SeH])C(c1ccccc1)c1ccccc1. The van der Waals surface area contributed by atoms with Crippen LogP contribution in [0.15, 0.2) is 60.7 Å². The molecule has 1 nitrogen and oxygen atoms in total. The first-order chi connectivity index (χ1) is 8.33. The van der Waals surface area contributed by atoms with Gasteiger partial charge in [0.15, 0.2) is 0 Å². The summed E-state index contributed by atoms with van der Waals surface area (Å²) in [4.78, 5) is 12.1. The van der Waals surface area contributed by atoms with E-state index in [1.165, 1.54) is 0 Å². The second-order valence-electron chi connectivity index (χ2n) is 3.66. The van der Waals surface area contributed by atoms with Crippen molar-refractivity contribution in [3.05, 3.63) is 71.8 Å². The van der Waals surface area contributed by atoms with E-state index in [1.807, 2.05) is 60.7 Å². The van der Waals surface area contributed by atoms with E-state index >= 15 is 0 Å². The topological polar surface area (TPSA) is 17.1 Å². The Morgan fingerprint density at radius 2 is 1.29 bits per heavy atom. The van der Waals surface area contributed by atoms with E-state index in [1.54, 1.807) is 0 Å². The third kappa shape index (κ3) is 3.08. The van der Waals surface area contributed by atoms with Crippen LogP contribution >= 0.6 is 0 Å². The number of rotatable bonds is 4. The molecular formula is C14H12OSe2. The second-order valence-corrected chi connectivity index (χ2v) is 6.88. The van der Waals surface area contributed by atoms with Crippen molar-refractivity contribution in [2.45, 2.75) is 5.92 Å². The van der Waals surface area contributed by atoms with E-state index in [2.05, 4.69) is 14.2 Å². The van der Waals surface area contributed by atoms with Crippen LogP contribution < -0.4 is 0 Å². The molecule has 0 aliphatic heterocycles. The van der Waals surface area contributed by atoms with Crippen molar-refractivity contribution in [3.63, 3.8) is 0 Å². The molecule has 0 saturated carbocycles. The van der Waals surface area contributed by atoms with Gasteiger partial charge in [0.05, 0.1) is 0 Å². The minimum atomic E-state index is -0.111. The van der Waals surface area contributed by atoms with Gasteiger partial charge in [-0.05, 0) is 0 Å². The predicted molar refractivity (Wildman–Crippen MR) is 72.6 cm³/mol. The first-order valence-electron chi connectivity index (χ1n) is 5.28. The van der Waals surface area contributed by atoms with Crippen LogP contribution in [0, 0.1) is 0 Å². The van der Waals surface area contributed by atoms with Gasteiger partial charge in [-0.2, -0.15) is 0 Å². The summed E-state index contributed by atoms with van der Waals surface area (Å²) in [5.41, 5.74) is 2.16. The molecule has 0 saturated heterocycles. The third-order valence-corrected chi connectivity index (χ3v) is 5.43. The molecule has 2 aromatic rings. The fourth-order valence-electron chi connectivity index (χ4n) is 1.81. The summed E-state index contributed by atoms with van der Waals surface area (Å²) >= 11 is 2.39. The van der Waals surface area contributed by atoms with Crippen molar-refractivity contribution in [1.82, 2.24) is 0 Å². The average Bonchev–Trinajstić information content (AvgIpc) is 2.41. The molecule has 0 aliphatic rings. The Labute approximate surface area is 114 Å². The zero-order valence-corrected chi connectivity index (χ0v) is 12.7. The Balaban J connectivity index is 2.43. The van der Waals surface area contributed by atoms with Crippen molar-refractivity contribution in [3.8, 4) is 0 Å². The van der Waals surface area contributed by atoms with Gasteiger partial charge in [-0.25, -0.2) is 0 Å². The number of carbonyl (C=O) groups excluding carboxylic acids is 1. The van der Waals surface area contributed by atoms with Crippen LogP contribution in [0.1, 0.15) is 17.0 Å². The van der Waals surface area contributed by atoms with Gasteiger partial charge < -0.3 is 0 Å². The summed E-state index contributed by atoms with van der Waals surface area (Å²) in [7, 11) is 0. The van der Waals surface area contributed by atoms with Crippen LogP contribution in [0.3, 0.4) is 0 Å². The summed E-state index contributed by atoms with van der Waals surface area (Å²) in [5.74, 6) is -0.111. The summed E-state index contributed by atoms with van der Waals surface area (Å²) in [6.45, 7) is 0. The molecule has 2 rings (SSSR count). The number of carbonyl (C=O) groups is 1. The fraction of sp³-hybridized carbons (Fsp3) is 0.0714. The molecule has 2 aromatic carbocycles. The van der Waals surface area contributed by atoms with Gasteiger partial charge in [0.25, 0.3) is 0 Å². The molecule has 0 fully saturated rings. The van der Waals surface area contributed by atoms with E-state index in [4.69, 9.17) is 0 Å². The normalized spacial score (nSPS) is 10.5. The first kappa shape index (κ1) is 12.6. The molecule has 86 valence electrons. The zero-order chi connectivity index (χ0) is 12.1. The summed E-state index contributed by atoms with van der Waals surface area (Å²) < 4.78 is 0.301. The number of hydrogen-bond donors (Lipinski definition) is 0. The summed E-state index contributed by atoms with van der Waals surface area (Å²) in [6.07, 6.45) is 0. The molecule has 0 aliphatic carbocycles. The zero-order valence-electron chi connectivity index (χ0n) is 9.11. The molecular weight excluding hydrogens is 342 g/mol. The van der Waals surface area contributed by atoms with Crippen molar-refractivity contribution < 1.29 is 4.79 Å². The maximum absolute atomic E-state index is 12.1. The van der Waals surface area contributed by atoms with Gasteiger partial charge in [-0.15, -0.1) is 0 Å². The molecule has 0 spiro atoms. The number of benzene rings is 2. The standard InChI is InChI=1S/C14H12OSe2/c15-14(17-16)13(11-7-3-1-4-8-11)12-9-5-2-6-10-12/h1-10,13,16H. The number of hydrogen-bond acceptors (Lipinski definition) is 1. The monoisotopic (exact) mass is 356 g/mol. The van der Waals surface area contributed by atoms with Crippen LogP contribution in [0.4, 0.5) is 0 Å². The van der Waals surface area contributed by atoms with E-state index in [9.17, 15) is 4.79 Å². The van der Waals surface area contributed by atoms with Crippen LogP contribution in [-0.4, -0.2) is 32.0 Å². The van der Waals surface area contributed by atoms with Gasteiger partial charge in [0.2, 0.25) is 0 Å². The van der Waals surface area contributed by atoms with Gasteiger partial charge in [-0.1, -0.05) is 0 Å². The summed E-state index contributed by atoms with van der Waals surface area (Å²) in [6, 6.07) is 20.0. The molecule has 0 N–H and O–H groups in total. The summed E-state index contributed by atoms with van der Waals surface area (Å²) in [5, 5.41) is 0. The molecule has 0 unspecified atom stereocenters.